The third-order valence-electron chi connectivity index (χ3n) is 2.33. The molecule has 19 heavy (non-hydrogen) atoms. The van der Waals surface area contributed by atoms with Crippen molar-refractivity contribution in [1.29, 1.82) is 0 Å². The van der Waals surface area contributed by atoms with Gasteiger partial charge in [-0.15, -0.1) is 5.10 Å². The fourth-order valence-corrected chi connectivity index (χ4v) is 1.42. The van der Waals surface area contributed by atoms with Crippen LogP contribution in [0, 0.1) is 0 Å². The molecule has 0 spiro atoms. The van der Waals surface area contributed by atoms with Gasteiger partial charge in [0, 0.05) is 11.6 Å². The molecule has 0 aliphatic rings. The monoisotopic (exact) mass is 265 g/mol. The van der Waals surface area contributed by atoms with E-state index in [1.54, 1.807) is 6.20 Å². The van der Waals surface area contributed by atoms with Gasteiger partial charge in [0.15, 0.2) is 5.82 Å². The molecule has 0 aromatic carbocycles. The first-order valence-electron chi connectivity index (χ1n) is 5.78. The summed E-state index contributed by atoms with van der Waals surface area (Å²) < 4.78 is 6.64. The smallest absolute Gasteiger partial charge is 0.309 e. The summed E-state index contributed by atoms with van der Waals surface area (Å²) in [6.07, 6.45) is 1.40. The molecular weight excluding hydrogens is 250 g/mol. The number of aromatic nitrogens is 5. The Labute approximate surface area is 109 Å². The van der Waals surface area contributed by atoms with Gasteiger partial charge >= 0.3 is 5.97 Å². The van der Waals surface area contributed by atoms with Crippen molar-refractivity contribution >= 4 is 5.97 Å². The van der Waals surface area contributed by atoms with Crippen molar-refractivity contribution in [3.63, 3.8) is 0 Å². The van der Waals surface area contributed by atoms with Crippen LogP contribution in [0.5, 0.6) is 0 Å². The SMILES string of the molecule is CC(C)(C)c1nc(Cn2cc(CC(=O)O)nn2)no1. The lowest BCUT2D eigenvalue weighted by atomic mass is 9.97. The van der Waals surface area contributed by atoms with Crippen molar-refractivity contribution < 1.29 is 14.4 Å². The maximum atomic E-state index is 10.5. The molecule has 2 rings (SSSR count). The molecule has 0 aliphatic heterocycles. The highest BCUT2D eigenvalue weighted by Gasteiger charge is 2.21. The van der Waals surface area contributed by atoms with E-state index >= 15 is 0 Å². The van der Waals surface area contributed by atoms with E-state index in [9.17, 15) is 4.79 Å². The third-order valence-corrected chi connectivity index (χ3v) is 2.33. The van der Waals surface area contributed by atoms with E-state index in [1.807, 2.05) is 20.8 Å². The highest BCUT2D eigenvalue weighted by atomic mass is 16.5. The second-order valence-corrected chi connectivity index (χ2v) is 5.24. The van der Waals surface area contributed by atoms with Gasteiger partial charge in [-0.2, -0.15) is 4.98 Å². The lowest BCUT2D eigenvalue weighted by molar-refractivity contribution is -0.136. The molecule has 0 saturated carbocycles. The summed E-state index contributed by atoms with van der Waals surface area (Å²) >= 11 is 0. The van der Waals surface area contributed by atoms with Gasteiger partial charge in [-0.25, -0.2) is 4.68 Å². The second-order valence-electron chi connectivity index (χ2n) is 5.24. The van der Waals surface area contributed by atoms with Crippen molar-refractivity contribution in [2.75, 3.05) is 0 Å². The first-order chi connectivity index (χ1) is 8.84. The van der Waals surface area contributed by atoms with Gasteiger partial charge < -0.3 is 9.63 Å². The van der Waals surface area contributed by atoms with E-state index in [0.717, 1.165) is 0 Å². The van der Waals surface area contributed by atoms with Gasteiger partial charge in [0.05, 0.1) is 12.1 Å². The average Bonchev–Trinajstić information content (AvgIpc) is 2.86. The number of carboxylic acid groups (broad SMARTS) is 1. The van der Waals surface area contributed by atoms with Gasteiger partial charge in [0.25, 0.3) is 0 Å². The van der Waals surface area contributed by atoms with Crippen molar-refractivity contribution in [3.05, 3.63) is 23.6 Å². The van der Waals surface area contributed by atoms with Gasteiger partial charge in [-0.1, -0.05) is 31.1 Å². The van der Waals surface area contributed by atoms with Gasteiger partial charge in [0.2, 0.25) is 5.89 Å². The minimum Gasteiger partial charge on any atom is -0.481 e. The lowest BCUT2D eigenvalue weighted by Crippen LogP contribution is -2.12. The van der Waals surface area contributed by atoms with Gasteiger partial charge in [-0.05, 0) is 0 Å². The van der Waals surface area contributed by atoms with Crippen LogP contribution in [0.15, 0.2) is 10.7 Å². The molecule has 0 fully saturated rings. The molecule has 0 aliphatic carbocycles. The Hall–Kier alpha value is -2.25. The number of aliphatic carboxylic acids is 1. The Balaban J connectivity index is 2.07. The highest BCUT2D eigenvalue weighted by molar-refractivity contribution is 5.69. The molecule has 0 bridgehead atoms. The Bertz CT molecular complexity index is 581. The molecule has 8 heteroatoms. The predicted octanol–water partition coefficient (Wildman–Crippen LogP) is 0.634. The third kappa shape index (κ3) is 3.36. The fourth-order valence-electron chi connectivity index (χ4n) is 1.42. The zero-order chi connectivity index (χ0) is 14.0. The normalized spacial score (nSPS) is 11.7. The molecule has 102 valence electrons. The Morgan fingerprint density at radius 1 is 1.47 bits per heavy atom. The minimum absolute atomic E-state index is 0.153. The number of rotatable bonds is 4. The Morgan fingerprint density at radius 3 is 2.79 bits per heavy atom. The van der Waals surface area contributed by atoms with Crippen LogP contribution in [0.25, 0.3) is 0 Å². The molecular formula is C11H15N5O3. The highest BCUT2D eigenvalue weighted by Crippen LogP contribution is 2.19. The van der Waals surface area contributed by atoms with Crippen LogP contribution in [0.4, 0.5) is 0 Å². The molecule has 0 atom stereocenters. The van der Waals surface area contributed by atoms with Crippen LogP contribution in [-0.4, -0.2) is 36.2 Å². The molecule has 0 amide bonds. The zero-order valence-electron chi connectivity index (χ0n) is 11.0. The summed E-state index contributed by atoms with van der Waals surface area (Å²) in [7, 11) is 0. The van der Waals surface area contributed by atoms with Crippen molar-refractivity contribution in [1.82, 2.24) is 25.1 Å². The maximum absolute atomic E-state index is 10.5. The Kier molecular flexibility index (Phi) is 3.32. The van der Waals surface area contributed by atoms with E-state index < -0.39 is 5.97 Å². The van der Waals surface area contributed by atoms with Crippen LogP contribution in [-0.2, 0) is 23.2 Å². The minimum atomic E-state index is -0.943. The molecule has 0 radical (unpaired) electrons. The molecule has 0 unspecified atom stereocenters. The summed E-state index contributed by atoms with van der Waals surface area (Å²) in [5, 5.41) is 20.1. The van der Waals surface area contributed by atoms with Crippen molar-refractivity contribution in [2.24, 2.45) is 0 Å². The Morgan fingerprint density at radius 2 is 2.21 bits per heavy atom. The van der Waals surface area contributed by atoms with Crippen LogP contribution in [0.2, 0.25) is 0 Å². The number of nitrogens with zero attached hydrogens (tertiary/aromatic N) is 5. The van der Waals surface area contributed by atoms with E-state index in [1.165, 1.54) is 4.68 Å². The number of carbonyl (C=O) groups is 1. The molecule has 2 aromatic heterocycles. The van der Waals surface area contributed by atoms with Crippen LogP contribution in [0.1, 0.15) is 38.2 Å². The number of carboxylic acids is 1. The predicted molar refractivity (Wildman–Crippen MR) is 63.5 cm³/mol. The van der Waals surface area contributed by atoms with E-state index in [-0.39, 0.29) is 11.8 Å². The van der Waals surface area contributed by atoms with Gasteiger partial charge in [-0.3, -0.25) is 4.79 Å². The average molecular weight is 265 g/mol. The summed E-state index contributed by atoms with van der Waals surface area (Å²) in [6, 6.07) is 0. The summed E-state index contributed by atoms with van der Waals surface area (Å²) in [5.41, 5.74) is 0.189. The largest absolute Gasteiger partial charge is 0.481 e. The van der Waals surface area contributed by atoms with Crippen LogP contribution < -0.4 is 0 Å². The number of hydrogen-bond donors (Lipinski definition) is 1. The molecule has 0 saturated heterocycles. The second kappa shape index (κ2) is 4.79. The summed E-state index contributed by atoms with van der Waals surface area (Å²) in [5.74, 6) is 0.0895. The molecule has 8 nitrogen and oxygen atoms in total. The first kappa shape index (κ1) is 13.2. The quantitative estimate of drug-likeness (QED) is 0.863. The zero-order valence-corrected chi connectivity index (χ0v) is 11.0. The fraction of sp³-hybridized carbons (Fsp3) is 0.545. The van der Waals surface area contributed by atoms with Crippen molar-refractivity contribution in [2.45, 2.75) is 39.2 Å². The van der Waals surface area contributed by atoms with E-state index in [2.05, 4.69) is 20.5 Å². The van der Waals surface area contributed by atoms with Crippen molar-refractivity contribution in [3.8, 4) is 0 Å². The maximum Gasteiger partial charge on any atom is 0.309 e. The molecule has 1 N–H and O–H groups in total. The standard InChI is InChI=1S/C11H15N5O3/c1-11(2,3)10-12-8(14-19-10)6-16-5-7(13-15-16)4-9(17)18/h5H,4,6H2,1-3H3,(H,17,18). The number of hydrogen-bond acceptors (Lipinski definition) is 6. The topological polar surface area (TPSA) is 107 Å². The van der Waals surface area contributed by atoms with E-state index in [4.69, 9.17) is 9.63 Å². The van der Waals surface area contributed by atoms with E-state index in [0.29, 0.717) is 24.0 Å². The van der Waals surface area contributed by atoms with Crippen LogP contribution >= 0.6 is 0 Å². The van der Waals surface area contributed by atoms with Gasteiger partial charge in [0.1, 0.15) is 6.54 Å². The summed E-state index contributed by atoms with van der Waals surface area (Å²) in [6.45, 7) is 6.23. The lowest BCUT2D eigenvalue weighted by Gasteiger charge is -2.10. The first-order valence-corrected chi connectivity index (χ1v) is 5.78. The molecule has 2 heterocycles. The van der Waals surface area contributed by atoms with Crippen LogP contribution in [0.3, 0.4) is 0 Å². The molecule has 2 aromatic rings. The summed E-state index contributed by atoms with van der Waals surface area (Å²) in [4.78, 5) is 14.8.